The highest BCUT2D eigenvalue weighted by Gasteiger charge is 2.06. The van der Waals surface area contributed by atoms with Crippen molar-refractivity contribution in [1.82, 2.24) is 9.97 Å². The lowest BCUT2D eigenvalue weighted by Crippen LogP contribution is -2.13. The summed E-state index contributed by atoms with van der Waals surface area (Å²) in [7, 11) is 0. The Morgan fingerprint density at radius 2 is 1.73 bits per heavy atom. The Morgan fingerprint density at radius 1 is 0.864 bits per heavy atom. The van der Waals surface area contributed by atoms with Crippen LogP contribution in [0.4, 0.5) is 17.2 Å². The number of pyridine rings is 2. The van der Waals surface area contributed by atoms with Gasteiger partial charge in [0.15, 0.2) is 0 Å². The first-order valence-electron chi connectivity index (χ1n) is 6.81. The summed E-state index contributed by atoms with van der Waals surface area (Å²) in [6, 6.07) is 16.8. The minimum Gasteiger partial charge on any atom is -0.354 e. The van der Waals surface area contributed by atoms with Crippen LogP contribution in [0.15, 0.2) is 73.2 Å². The molecular weight excluding hydrogens is 276 g/mol. The molecular formula is C17H14N4O. The summed E-state index contributed by atoms with van der Waals surface area (Å²) >= 11 is 0. The van der Waals surface area contributed by atoms with Crippen molar-refractivity contribution in [2.24, 2.45) is 0 Å². The van der Waals surface area contributed by atoms with Crippen LogP contribution in [0.2, 0.25) is 0 Å². The van der Waals surface area contributed by atoms with Gasteiger partial charge in [-0.2, -0.15) is 0 Å². The average Bonchev–Trinajstić information content (AvgIpc) is 2.58. The highest BCUT2D eigenvalue weighted by molar-refractivity contribution is 6.03. The number of hydrogen-bond acceptors (Lipinski definition) is 4. The largest absolute Gasteiger partial charge is 0.354 e. The Balaban J connectivity index is 1.66. The van der Waals surface area contributed by atoms with E-state index in [0.29, 0.717) is 11.4 Å². The van der Waals surface area contributed by atoms with Gasteiger partial charge in [0.2, 0.25) is 0 Å². The molecule has 5 nitrogen and oxygen atoms in total. The monoisotopic (exact) mass is 290 g/mol. The molecule has 2 aromatic heterocycles. The first-order chi connectivity index (χ1) is 10.8. The summed E-state index contributed by atoms with van der Waals surface area (Å²) < 4.78 is 0. The summed E-state index contributed by atoms with van der Waals surface area (Å²) in [5, 5.41) is 5.96. The van der Waals surface area contributed by atoms with Crippen LogP contribution in [0.25, 0.3) is 0 Å². The second-order valence-electron chi connectivity index (χ2n) is 4.62. The van der Waals surface area contributed by atoms with E-state index in [1.54, 1.807) is 30.6 Å². The Bertz CT molecular complexity index is 743. The third kappa shape index (κ3) is 3.46. The second kappa shape index (κ2) is 6.49. The molecule has 0 bridgehead atoms. The van der Waals surface area contributed by atoms with E-state index in [9.17, 15) is 4.79 Å². The van der Waals surface area contributed by atoms with Crippen LogP contribution in [-0.4, -0.2) is 15.9 Å². The van der Waals surface area contributed by atoms with Crippen LogP contribution in [0.3, 0.4) is 0 Å². The molecule has 0 saturated carbocycles. The first kappa shape index (κ1) is 13.8. The van der Waals surface area contributed by atoms with Crippen molar-refractivity contribution < 1.29 is 4.79 Å². The molecule has 1 aromatic carbocycles. The highest BCUT2D eigenvalue weighted by atomic mass is 16.1. The van der Waals surface area contributed by atoms with Gasteiger partial charge < -0.3 is 10.6 Å². The molecule has 0 radical (unpaired) electrons. The molecule has 108 valence electrons. The van der Waals surface area contributed by atoms with Crippen LogP contribution in [0.5, 0.6) is 0 Å². The average molecular weight is 290 g/mol. The van der Waals surface area contributed by atoms with Crippen molar-refractivity contribution >= 4 is 23.1 Å². The molecule has 0 aliphatic heterocycles. The van der Waals surface area contributed by atoms with Gasteiger partial charge in [0.1, 0.15) is 5.82 Å². The highest BCUT2D eigenvalue weighted by Crippen LogP contribution is 2.16. The summed E-state index contributed by atoms with van der Waals surface area (Å²) in [5.41, 5.74) is 2.33. The molecule has 22 heavy (non-hydrogen) atoms. The lowest BCUT2D eigenvalue weighted by atomic mass is 10.2. The summed E-state index contributed by atoms with van der Waals surface area (Å²) in [6.45, 7) is 0. The molecule has 1 amide bonds. The quantitative estimate of drug-likeness (QED) is 0.772. The summed E-state index contributed by atoms with van der Waals surface area (Å²) in [4.78, 5) is 20.1. The van der Waals surface area contributed by atoms with Gasteiger partial charge in [0.25, 0.3) is 5.91 Å². The van der Waals surface area contributed by atoms with E-state index >= 15 is 0 Å². The van der Waals surface area contributed by atoms with Crippen LogP contribution in [-0.2, 0) is 0 Å². The number of amides is 1. The van der Waals surface area contributed by atoms with E-state index in [-0.39, 0.29) is 5.91 Å². The van der Waals surface area contributed by atoms with E-state index < -0.39 is 0 Å². The Morgan fingerprint density at radius 3 is 2.41 bits per heavy atom. The van der Waals surface area contributed by atoms with Crippen LogP contribution in [0.1, 0.15) is 10.4 Å². The molecule has 3 aromatic rings. The SMILES string of the molecule is O=C(Nc1ccc(Nc2ccccc2)cn1)c1cccnc1. The predicted octanol–water partition coefficient (Wildman–Crippen LogP) is 3.47. The van der Waals surface area contributed by atoms with Crippen molar-refractivity contribution in [2.75, 3.05) is 10.6 Å². The lowest BCUT2D eigenvalue weighted by Gasteiger charge is -2.07. The molecule has 5 heteroatoms. The van der Waals surface area contributed by atoms with E-state index in [4.69, 9.17) is 0 Å². The number of carbonyl (C=O) groups is 1. The van der Waals surface area contributed by atoms with Gasteiger partial charge in [0, 0.05) is 18.1 Å². The minimum absolute atomic E-state index is 0.232. The van der Waals surface area contributed by atoms with E-state index in [2.05, 4.69) is 20.6 Å². The maximum atomic E-state index is 12.0. The van der Waals surface area contributed by atoms with Gasteiger partial charge in [-0.15, -0.1) is 0 Å². The fourth-order valence-corrected chi connectivity index (χ4v) is 1.92. The lowest BCUT2D eigenvalue weighted by molar-refractivity contribution is 0.102. The number of para-hydroxylation sites is 1. The number of nitrogens with zero attached hydrogens (tertiary/aromatic N) is 2. The second-order valence-corrected chi connectivity index (χ2v) is 4.62. The number of aromatic nitrogens is 2. The zero-order chi connectivity index (χ0) is 15.2. The summed E-state index contributed by atoms with van der Waals surface area (Å²) in [6.07, 6.45) is 4.81. The van der Waals surface area contributed by atoms with Gasteiger partial charge >= 0.3 is 0 Å². The number of anilines is 3. The molecule has 0 aliphatic rings. The van der Waals surface area contributed by atoms with Crippen molar-refractivity contribution in [2.45, 2.75) is 0 Å². The zero-order valence-corrected chi connectivity index (χ0v) is 11.7. The fourth-order valence-electron chi connectivity index (χ4n) is 1.92. The van der Waals surface area contributed by atoms with E-state index in [1.165, 1.54) is 6.20 Å². The minimum atomic E-state index is -0.232. The fraction of sp³-hybridized carbons (Fsp3) is 0. The number of benzene rings is 1. The third-order valence-electron chi connectivity index (χ3n) is 2.99. The van der Waals surface area contributed by atoms with Gasteiger partial charge in [-0.25, -0.2) is 4.98 Å². The maximum Gasteiger partial charge on any atom is 0.258 e. The van der Waals surface area contributed by atoms with Crippen molar-refractivity contribution in [3.05, 3.63) is 78.8 Å². The van der Waals surface area contributed by atoms with Gasteiger partial charge in [0.05, 0.1) is 17.4 Å². The number of nitrogens with one attached hydrogen (secondary N) is 2. The van der Waals surface area contributed by atoms with Gasteiger partial charge in [-0.05, 0) is 36.4 Å². The normalized spacial score (nSPS) is 10.0. The van der Waals surface area contributed by atoms with Crippen molar-refractivity contribution in [1.29, 1.82) is 0 Å². The number of rotatable bonds is 4. The summed E-state index contributed by atoms with van der Waals surface area (Å²) in [5.74, 6) is 0.261. The molecule has 0 fully saturated rings. The molecule has 2 heterocycles. The topological polar surface area (TPSA) is 66.9 Å². The Labute approximate surface area is 128 Å². The Kier molecular flexibility index (Phi) is 4.06. The number of carbonyl (C=O) groups excluding carboxylic acids is 1. The van der Waals surface area contributed by atoms with E-state index in [0.717, 1.165) is 11.4 Å². The molecule has 0 saturated heterocycles. The molecule has 0 aliphatic carbocycles. The Hall–Kier alpha value is -3.21. The van der Waals surface area contributed by atoms with Crippen molar-refractivity contribution in [3.63, 3.8) is 0 Å². The standard InChI is InChI=1S/C17H14N4O/c22-17(13-5-4-10-18-11-13)21-16-9-8-15(12-19-16)20-14-6-2-1-3-7-14/h1-12,20H,(H,19,21,22). The van der Waals surface area contributed by atoms with Crippen LogP contribution >= 0.6 is 0 Å². The first-order valence-corrected chi connectivity index (χ1v) is 6.81. The van der Waals surface area contributed by atoms with Crippen molar-refractivity contribution in [3.8, 4) is 0 Å². The molecule has 2 N–H and O–H groups in total. The predicted molar refractivity (Wildman–Crippen MR) is 86.2 cm³/mol. The van der Waals surface area contributed by atoms with E-state index in [1.807, 2.05) is 36.4 Å². The molecule has 0 spiro atoms. The maximum absolute atomic E-state index is 12.0. The van der Waals surface area contributed by atoms with Gasteiger partial charge in [-0.3, -0.25) is 9.78 Å². The van der Waals surface area contributed by atoms with Crippen LogP contribution < -0.4 is 10.6 Å². The molecule has 0 unspecified atom stereocenters. The van der Waals surface area contributed by atoms with Gasteiger partial charge in [-0.1, -0.05) is 18.2 Å². The van der Waals surface area contributed by atoms with Crippen LogP contribution in [0, 0.1) is 0 Å². The molecule has 0 atom stereocenters. The smallest absolute Gasteiger partial charge is 0.258 e. The zero-order valence-electron chi connectivity index (χ0n) is 11.7. The molecule has 3 rings (SSSR count). The third-order valence-corrected chi connectivity index (χ3v) is 2.99. The number of hydrogen-bond donors (Lipinski definition) is 2.